The van der Waals surface area contributed by atoms with Crippen molar-refractivity contribution in [1.82, 2.24) is 0 Å². The number of esters is 1. The first-order chi connectivity index (χ1) is 16.7. The number of carbonyl (C=O) groups excluding carboxylic acids is 1. The van der Waals surface area contributed by atoms with Crippen LogP contribution in [0.4, 0.5) is 0 Å². The first-order valence-corrected chi connectivity index (χ1v) is 11.8. The Morgan fingerprint density at radius 1 is 0.912 bits per heavy atom. The third kappa shape index (κ3) is 6.22. The number of hydrogen-bond donors (Lipinski definition) is 0. The van der Waals surface area contributed by atoms with Crippen LogP contribution in [-0.2, 0) is 31.8 Å². The molecule has 1 heterocycles. The van der Waals surface area contributed by atoms with Crippen LogP contribution in [0.15, 0.2) is 97.1 Å². The van der Waals surface area contributed by atoms with Crippen LogP contribution in [0.25, 0.3) is 6.08 Å². The molecule has 1 aliphatic rings. The van der Waals surface area contributed by atoms with E-state index in [1.165, 1.54) is 17.2 Å². The predicted octanol–water partition coefficient (Wildman–Crippen LogP) is 5.87. The Hall–Kier alpha value is -3.21. The van der Waals surface area contributed by atoms with Gasteiger partial charge in [0.1, 0.15) is 0 Å². The van der Waals surface area contributed by atoms with Crippen LogP contribution >= 0.6 is 0 Å². The lowest BCUT2D eigenvalue weighted by Crippen LogP contribution is -2.49. The fourth-order valence-corrected chi connectivity index (χ4v) is 4.85. The van der Waals surface area contributed by atoms with Crippen molar-refractivity contribution in [3.05, 3.63) is 114 Å². The molecular weight excluding hydrogens is 424 g/mol. The fourth-order valence-electron chi connectivity index (χ4n) is 4.85. The van der Waals surface area contributed by atoms with Gasteiger partial charge in [-0.2, -0.15) is 0 Å². The second-order valence-electron chi connectivity index (χ2n) is 8.87. The van der Waals surface area contributed by atoms with Crippen molar-refractivity contribution >= 4 is 12.0 Å². The average molecular weight is 457 g/mol. The van der Waals surface area contributed by atoms with Crippen molar-refractivity contribution in [1.29, 1.82) is 0 Å². The molecule has 0 aliphatic carbocycles. The quantitative estimate of drug-likeness (QED) is 0.314. The summed E-state index contributed by atoms with van der Waals surface area (Å²) >= 11 is 0. The molecule has 0 N–H and O–H groups in total. The van der Waals surface area contributed by atoms with Gasteiger partial charge in [-0.1, -0.05) is 91.0 Å². The van der Waals surface area contributed by atoms with E-state index in [0.717, 1.165) is 31.2 Å². The Morgan fingerprint density at radius 3 is 2.03 bits per heavy atom. The topological polar surface area (TPSA) is 44.8 Å². The third-order valence-corrected chi connectivity index (χ3v) is 6.44. The summed E-state index contributed by atoms with van der Waals surface area (Å²) in [4.78, 5) is 13.0. The summed E-state index contributed by atoms with van der Waals surface area (Å²) in [6.07, 6.45) is 5.31. The van der Waals surface area contributed by atoms with Gasteiger partial charge in [0.2, 0.25) is 0 Å². The molecule has 0 spiro atoms. The van der Waals surface area contributed by atoms with Crippen LogP contribution in [0, 0.1) is 5.41 Å². The molecule has 3 aromatic carbocycles. The normalized spacial score (nSPS) is 20.0. The molecule has 1 aliphatic heterocycles. The summed E-state index contributed by atoms with van der Waals surface area (Å²) in [5, 5.41) is 0. The van der Waals surface area contributed by atoms with Crippen molar-refractivity contribution < 1.29 is 19.0 Å². The lowest BCUT2D eigenvalue weighted by atomic mass is 9.69. The lowest BCUT2D eigenvalue weighted by Gasteiger charge is -2.41. The van der Waals surface area contributed by atoms with Crippen LogP contribution in [0.5, 0.6) is 0 Å². The Kier molecular flexibility index (Phi) is 8.29. The first kappa shape index (κ1) is 23.9. The summed E-state index contributed by atoms with van der Waals surface area (Å²) in [6.45, 7) is 0.567. The largest absolute Gasteiger partial charge is 0.453 e. The first-order valence-electron chi connectivity index (χ1n) is 11.8. The third-order valence-electron chi connectivity index (χ3n) is 6.44. The Labute approximate surface area is 202 Å². The molecule has 4 heteroatoms. The summed E-state index contributed by atoms with van der Waals surface area (Å²) in [5.74, 6) is -0.396. The van der Waals surface area contributed by atoms with Gasteiger partial charge in [0.25, 0.3) is 0 Å². The van der Waals surface area contributed by atoms with E-state index in [1.807, 2.05) is 42.5 Å². The fraction of sp³-hybridized carbons (Fsp3) is 0.300. The number of methoxy groups -OCH3 is 1. The minimum atomic E-state index is -0.635. The van der Waals surface area contributed by atoms with Crippen molar-refractivity contribution in [2.75, 3.05) is 13.7 Å². The van der Waals surface area contributed by atoms with Crippen molar-refractivity contribution in [3.63, 3.8) is 0 Å². The van der Waals surface area contributed by atoms with Gasteiger partial charge in [0, 0.05) is 25.2 Å². The van der Waals surface area contributed by atoms with Crippen molar-refractivity contribution in [2.45, 2.75) is 38.1 Å². The lowest BCUT2D eigenvalue weighted by molar-refractivity contribution is -0.214. The highest BCUT2D eigenvalue weighted by atomic mass is 16.7. The number of carbonyl (C=O) groups is 1. The monoisotopic (exact) mass is 456 g/mol. The number of ether oxygens (including phenoxy) is 3. The average Bonchev–Trinajstić information content (AvgIpc) is 3.04. The summed E-state index contributed by atoms with van der Waals surface area (Å²) in [7, 11) is 1.62. The SMILES string of the molecule is CO[C@H]1OCCCC(Cc2ccccc2)(Cc2ccccc2)[C@@H]1OC(=O)/C=C/c1ccccc1. The molecule has 34 heavy (non-hydrogen) atoms. The maximum atomic E-state index is 13.0. The second kappa shape index (κ2) is 11.8. The molecule has 0 aromatic heterocycles. The zero-order valence-corrected chi connectivity index (χ0v) is 19.6. The minimum absolute atomic E-state index is 0.379. The van der Waals surface area contributed by atoms with E-state index in [2.05, 4.69) is 48.5 Å². The van der Waals surface area contributed by atoms with E-state index >= 15 is 0 Å². The van der Waals surface area contributed by atoms with Crippen LogP contribution in [0.3, 0.4) is 0 Å². The summed E-state index contributed by atoms with van der Waals surface area (Å²) < 4.78 is 18.0. The number of rotatable bonds is 8. The highest BCUT2D eigenvalue weighted by Crippen LogP contribution is 2.42. The number of hydrogen-bond acceptors (Lipinski definition) is 4. The molecule has 3 aromatic rings. The van der Waals surface area contributed by atoms with E-state index in [-0.39, 0.29) is 5.41 Å². The molecule has 0 bridgehead atoms. The predicted molar refractivity (Wildman–Crippen MR) is 134 cm³/mol. The Morgan fingerprint density at radius 2 is 1.47 bits per heavy atom. The molecule has 4 nitrogen and oxygen atoms in total. The maximum absolute atomic E-state index is 13.0. The van der Waals surface area contributed by atoms with Gasteiger partial charge < -0.3 is 14.2 Å². The van der Waals surface area contributed by atoms with Gasteiger partial charge in [-0.05, 0) is 48.4 Å². The van der Waals surface area contributed by atoms with Gasteiger partial charge in [0.15, 0.2) is 12.4 Å². The van der Waals surface area contributed by atoms with Crippen molar-refractivity contribution in [3.8, 4) is 0 Å². The van der Waals surface area contributed by atoms with Gasteiger partial charge in [0.05, 0.1) is 0 Å². The maximum Gasteiger partial charge on any atom is 0.331 e. The van der Waals surface area contributed by atoms with Gasteiger partial charge in [-0.25, -0.2) is 4.79 Å². The smallest absolute Gasteiger partial charge is 0.331 e. The van der Waals surface area contributed by atoms with Crippen LogP contribution in [-0.4, -0.2) is 32.1 Å². The highest BCUT2D eigenvalue weighted by Gasteiger charge is 2.47. The summed E-state index contributed by atoms with van der Waals surface area (Å²) in [6, 6.07) is 30.5. The molecule has 0 saturated carbocycles. The van der Waals surface area contributed by atoms with Crippen LogP contribution < -0.4 is 0 Å². The summed E-state index contributed by atoms with van der Waals surface area (Å²) in [5.41, 5.74) is 2.97. The zero-order valence-electron chi connectivity index (χ0n) is 19.6. The van der Waals surface area contributed by atoms with Crippen LogP contribution in [0.1, 0.15) is 29.5 Å². The molecule has 0 unspecified atom stereocenters. The van der Waals surface area contributed by atoms with E-state index < -0.39 is 18.4 Å². The van der Waals surface area contributed by atoms with Gasteiger partial charge in [-0.3, -0.25) is 0 Å². The van der Waals surface area contributed by atoms with Crippen LogP contribution in [0.2, 0.25) is 0 Å². The molecule has 0 amide bonds. The van der Waals surface area contributed by atoms with E-state index in [9.17, 15) is 4.79 Å². The molecule has 2 atom stereocenters. The zero-order chi connectivity index (χ0) is 23.6. The molecule has 0 radical (unpaired) electrons. The van der Waals surface area contributed by atoms with E-state index in [0.29, 0.717) is 6.61 Å². The standard InChI is InChI=1S/C30H32O4/c1-32-29-28(34-27(31)19-18-24-12-5-2-6-13-24)30(20-11-21-33-29,22-25-14-7-3-8-15-25)23-26-16-9-4-10-17-26/h2-10,12-19,28-29H,11,20-23H2,1H3/b19-18+/t28-,29+/m1/s1. The number of benzene rings is 3. The minimum Gasteiger partial charge on any atom is -0.453 e. The molecule has 1 fully saturated rings. The van der Waals surface area contributed by atoms with E-state index in [4.69, 9.17) is 14.2 Å². The molecule has 1 saturated heterocycles. The highest BCUT2D eigenvalue weighted by molar-refractivity contribution is 5.87. The Bertz CT molecular complexity index is 1010. The van der Waals surface area contributed by atoms with Gasteiger partial charge in [-0.15, -0.1) is 0 Å². The molecular formula is C30H32O4. The van der Waals surface area contributed by atoms with Gasteiger partial charge >= 0.3 is 5.97 Å². The van der Waals surface area contributed by atoms with Crippen molar-refractivity contribution in [2.24, 2.45) is 5.41 Å². The second-order valence-corrected chi connectivity index (χ2v) is 8.87. The van der Waals surface area contributed by atoms with E-state index in [1.54, 1.807) is 13.2 Å². The molecule has 4 rings (SSSR count). The molecule has 176 valence electrons. The Balaban J connectivity index is 1.68.